The van der Waals surface area contributed by atoms with Gasteiger partial charge in [0.05, 0.1) is 17.1 Å². The number of nitrogens with zero attached hydrogens (tertiary/aromatic N) is 1. The van der Waals surface area contributed by atoms with Gasteiger partial charge in [-0.1, -0.05) is 13.8 Å². The van der Waals surface area contributed by atoms with Gasteiger partial charge >= 0.3 is 0 Å². The van der Waals surface area contributed by atoms with Crippen LogP contribution in [0.2, 0.25) is 0 Å². The Hall–Kier alpha value is -0.550. The molecule has 1 saturated heterocycles. The fraction of sp³-hybridized carbons (Fsp3) is 0.909. The van der Waals surface area contributed by atoms with Crippen molar-refractivity contribution in [1.29, 1.82) is 5.26 Å². The fourth-order valence-electron chi connectivity index (χ4n) is 2.13. The van der Waals surface area contributed by atoms with Crippen molar-refractivity contribution in [2.24, 2.45) is 11.3 Å². The van der Waals surface area contributed by atoms with Crippen LogP contribution in [0.5, 0.6) is 0 Å². The molecule has 0 bridgehead atoms. The third kappa shape index (κ3) is 2.03. The lowest BCUT2D eigenvalue weighted by molar-refractivity contribution is -0.1000. The van der Waals surface area contributed by atoms with Crippen molar-refractivity contribution in [3.8, 4) is 6.07 Å². The van der Waals surface area contributed by atoms with Crippen LogP contribution in [0, 0.1) is 22.7 Å². The maximum atomic E-state index is 9.24. The van der Waals surface area contributed by atoms with Crippen LogP contribution in [0.3, 0.4) is 0 Å². The average molecular weight is 181 g/mol. The zero-order valence-electron chi connectivity index (χ0n) is 9.05. The second-order valence-electron chi connectivity index (χ2n) is 4.96. The average Bonchev–Trinajstić information content (AvgIpc) is 2.02. The fourth-order valence-corrected chi connectivity index (χ4v) is 2.13. The first-order valence-electron chi connectivity index (χ1n) is 4.97. The summed E-state index contributed by atoms with van der Waals surface area (Å²) in [5, 5.41) is 9.24. The van der Waals surface area contributed by atoms with Gasteiger partial charge in [-0.3, -0.25) is 0 Å². The molecule has 0 amide bonds. The summed E-state index contributed by atoms with van der Waals surface area (Å²) in [4.78, 5) is 0. The molecule has 1 heterocycles. The highest BCUT2D eigenvalue weighted by molar-refractivity contribution is 5.05. The number of hydrogen-bond acceptors (Lipinski definition) is 2. The summed E-state index contributed by atoms with van der Waals surface area (Å²) in [6.45, 7) is 9.12. The first-order valence-corrected chi connectivity index (χ1v) is 4.97. The van der Waals surface area contributed by atoms with E-state index < -0.39 is 0 Å². The Morgan fingerprint density at radius 2 is 2.00 bits per heavy atom. The lowest BCUT2D eigenvalue weighted by Crippen LogP contribution is -2.43. The lowest BCUT2D eigenvalue weighted by atomic mass is 9.68. The topological polar surface area (TPSA) is 33.0 Å². The molecule has 0 aromatic carbocycles. The standard InChI is InChI=1S/C11H19NO/c1-9(2)11(8-12)5-6-13-10(3,4)7-11/h9H,5-7H2,1-4H3/t11-/m0/s1. The van der Waals surface area contributed by atoms with E-state index in [-0.39, 0.29) is 11.0 Å². The molecule has 1 aliphatic heterocycles. The Labute approximate surface area is 80.9 Å². The van der Waals surface area contributed by atoms with Gasteiger partial charge in [-0.05, 0) is 32.6 Å². The van der Waals surface area contributed by atoms with Crippen LogP contribution in [0.15, 0.2) is 0 Å². The van der Waals surface area contributed by atoms with Gasteiger partial charge in [0.15, 0.2) is 0 Å². The summed E-state index contributed by atoms with van der Waals surface area (Å²) in [5.41, 5.74) is -0.292. The summed E-state index contributed by atoms with van der Waals surface area (Å²) < 4.78 is 5.62. The van der Waals surface area contributed by atoms with Crippen LogP contribution in [-0.2, 0) is 4.74 Å². The van der Waals surface area contributed by atoms with Gasteiger partial charge in [0.1, 0.15) is 0 Å². The molecular formula is C11H19NO. The van der Waals surface area contributed by atoms with Crippen molar-refractivity contribution in [2.75, 3.05) is 6.61 Å². The van der Waals surface area contributed by atoms with E-state index in [9.17, 15) is 5.26 Å². The maximum absolute atomic E-state index is 9.24. The monoisotopic (exact) mass is 181 g/mol. The molecule has 0 aromatic rings. The molecule has 0 aromatic heterocycles. The van der Waals surface area contributed by atoms with E-state index in [1.807, 2.05) is 0 Å². The van der Waals surface area contributed by atoms with Gasteiger partial charge in [-0.2, -0.15) is 5.26 Å². The molecule has 2 heteroatoms. The third-order valence-electron chi connectivity index (χ3n) is 3.11. The molecule has 1 aliphatic rings. The second kappa shape index (κ2) is 3.31. The smallest absolute Gasteiger partial charge is 0.0694 e. The number of nitriles is 1. The van der Waals surface area contributed by atoms with Crippen LogP contribution in [0.1, 0.15) is 40.5 Å². The summed E-state index contributed by atoms with van der Waals surface area (Å²) >= 11 is 0. The van der Waals surface area contributed by atoms with Gasteiger partial charge < -0.3 is 4.74 Å². The van der Waals surface area contributed by atoms with Crippen molar-refractivity contribution in [3.05, 3.63) is 0 Å². The Balaban J connectivity index is 2.84. The van der Waals surface area contributed by atoms with E-state index in [4.69, 9.17) is 4.74 Å². The zero-order chi connectivity index (χ0) is 10.1. The molecule has 0 saturated carbocycles. The van der Waals surface area contributed by atoms with Gasteiger partial charge in [0.25, 0.3) is 0 Å². The van der Waals surface area contributed by atoms with Crippen molar-refractivity contribution in [3.63, 3.8) is 0 Å². The molecule has 2 nitrogen and oxygen atoms in total. The Kier molecular flexibility index (Phi) is 2.68. The minimum atomic E-state index is -0.165. The molecule has 1 atom stereocenters. The highest BCUT2D eigenvalue weighted by Crippen LogP contribution is 2.43. The molecule has 1 rings (SSSR count). The number of rotatable bonds is 1. The van der Waals surface area contributed by atoms with E-state index >= 15 is 0 Å². The highest BCUT2D eigenvalue weighted by atomic mass is 16.5. The van der Waals surface area contributed by atoms with Crippen LogP contribution in [-0.4, -0.2) is 12.2 Å². The predicted molar refractivity (Wildman–Crippen MR) is 52.1 cm³/mol. The van der Waals surface area contributed by atoms with Crippen LogP contribution < -0.4 is 0 Å². The van der Waals surface area contributed by atoms with Gasteiger partial charge in [0.2, 0.25) is 0 Å². The summed E-state index contributed by atoms with van der Waals surface area (Å²) in [5.74, 6) is 0.417. The molecule has 0 spiro atoms. The van der Waals surface area contributed by atoms with Crippen molar-refractivity contribution in [2.45, 2.75) is 46.1 Å². The van der Waals surface area contributed by atoms with E-state index in [0.29, 0.717) is 5.92 Å². The number of hydrogen-bond donors (Lipinski definition) is 0. The molecule has 1 fully saturated rings. The second-order valence-corrected chi connectivity index (χ2v) is 4.96. The SMILES string of the molecule is CC(C)[C@@]1(C#N)CCOC(C)(C)C1. The van der Waals surface area contributed by atoms with Crippen LogP contribution >= 0.6 is 0 Å². The highest BCUT2D eigenvalue weighted by Gasteiger charge is 2.43. The quantitative estimate of drug-likeness (QED) is 0.623. The summed E-state index contributed by atoms with van der Waals surface area (Å²) in [7, 11) is 0. The summed E-state index contributed by atoms with van der Waals surface area (Å²) in [6, 6.07) is 2.49. The third-order valence-corrected chi connectivity index (χ3v) is 3.11. The van der Waals surface area contributed by atoms with Gasteiger partial charge in [-0.25, -0.2) is 0 Å². The first-order chi connectivity index (χ1) is 5.92. The van der Waals surface area contributed by atoms with E-state index in [2.05, 4.69) is 33.8 Å². The molecule has 13 heavy (non-hydrogen) atoms. The molecular weight excluding hydrogens is 162 g/mol. The van der Waals surface area contributed by atoms with Gasteiger partial charge in [0, 0.05) is 6.61 Å². The predicted octanol–water partition coefficient (Wildman–Crippen LogP) is 2.74. The van der Waals surface area contributed by atoms with E-state index in [1.54, 1.807) is 0 Å². The van der Waals surface area contributed by atoms with Crippen molar-refractivity contribution >= 4 is 0 Å². The van der Waals surface area contributed by atoms with Gasteiger partial charge in [-0.15, -0.1) is 0 Å². The van der Waals surface area contributed by atoms with Crippen LogP contribution in [0.4, 0.5) is 0 Å². The number of ether oxygens (including phenoxy) is 1. The van der Waals surface area contributed by atoms with E-state index in [0.717, 1.165) is 19.4 Å². The minimum Gasteiger partial charge on any atom is -0.375 e. The Bertz CT molecular complexity index is 227. The summed E-state index contributed by atoms with van der Waals surface area (Å²) in [6.07, 6.45) is 1.73. The Morgan fingerprint density at radius 3 is 2.31 bits per heavy atom. The maximum Gasteiger partial charge on any atom is 0.0694 e. The van der Waals surface area contributed by atoms with Crippen LogP contribution in [0.25, 0.3) is 0 Å². The molecule has 74 valence electrons. The zero-order valence-corrected chi connectivity index (χ0v) is 9.05. The van der Waals surface area contributed by atoms with Crippen molar-refractivity contribution in [1.82, 2.24) is 0 Å². The normalized spacial score (nSPS) is 32.9. The molecule has 0 radical (unpaired) electrons. The minimum absolute atomic E-state index is 0.127. The lowest BCUT2D eigenvalue weighted by Gasteiger charge is -2.43. The first kappa shape index (κ1) is 10.5. The Morgan fingerprint density at radius 1 is 1.38 bits per heavy atom. The van der Waals surface area contributed by atoms with E-state index in [1.165, 1.54) is 0 Å². The van der Waals surface area contributed by atoms with Crippen molar-refractivity contribution < 1.29 is 4.74 Å². The largest absolute Gasteiger partial charge is 0.375 e. The molecule has 0 N–H and O–H groups in total. The molecule has 0 aliphatic carbocycles. The molecule has 0 unspecified atom stereocenters.